The van der Waals surface area contributed by atoms with Gasteiger partial charge in [0.2, 0.25) is 0 Å². The topological polar surface area (TPSA) is 78.1 Å². The van der Waals surface area contributed by atoms with Gasteiger partial charge in [0.15, 0.2) is 0 Å². The van der Waals surface area contributed by atoms with Gasteiger partial charge in [0.05, 0.1) is 0 Å². The van der Waals surface area contributed by atoms with Crippen molar-refractivity contribution in [1.82, 2.24) is 15.1 Å². The fourth-order valence-corrected chi connectivity index (χ4v) is 5.50. The molecule has 2 N–H and O–H groups in total. The first kappa shape index (κ1) is 25.1. The van der Waals surface area contributed by atoms with Gasteiger partial charge < -0.3 is 4.90 Å². The zero-order chi connectivity index (χ0) is 24.9. The molecule has 1 aliphatic rings. The molecule has 2 aromatic carbocycles. The van der Waals surface area contributed by atoms with E-state index in [0.29, 0.717) is 18.0 Å². The number of hydrogen-bond donors (Lipinski definition) is 2. The van der Waals surface area contributed by atoms with Crippen LogP contribution in [0.4, 0.5) is 10.1 Å². The van der Waals surface area contributed by atoms with Crippen LogP contribution in [0.1, 0.15) is 42.9 Å². The summed E-state index contributed by atoms with van der Waals surface area (Å²) in [6, 6.07) is 14.4. The van der Waals surface area contributed by atoms with E-state index in [9.17, 15) is 14.0 Å². The predicted molar refractivity (Wildman–Crippen MR) is 138 cm³/mol. The van der Waals surface area contributed by atoms with Crippen molar-refractivity contribution >= 4 is 36.4 Å². The van der Waals surface area contributed by atoms with Gasteiger partial charge in [0.25, 0.3) is 0 Å². The first-order valence-electron chi connectivity index (χ1n) is 11.6. The van der Waals surface area contributed by atoms with E-state index in [1.807, 2.05) is 56.3 Å². The average Bonchev–Trinajstić information content (AvgIpc) is 3.58. The Hall–Kier alpha value is -3.02. The van der Waals surface area contributed by atoms with E-state index in [2.05, 4.69) is 15.5 Å². The third-order valence-electron chi connectivity index (χ3n) is 5.88. The van der Waals surface area contributed by atoms with E-state index in [-0.39, 0.29) is 22.1 Å². The van der Waals surface area contributed by atoms with Crippen molar-refractivity contribution in [1.29, 1.82) is 0 Å². The Morgan fingerprint density at radius 2 is 1.97 bits per heavy atom. The van der Waals surface area contributed by atoms with E-state index in [0.717, 1.165) is 21.3 Å². The Balaban J connectivity index is 1.42. The summed E-state index contributed by atoms with van der Waals surface area (Å²) in [5, 5.41) is 9.98. The van der Waals surface area contributed by atoms with Crippen LogP contribution in [0.2, 0.25) is 0 Å². The first-order valence-corrected chi connectivity index (χ1v) is 13.5. The third-order valence-corrected chi connectivity index (χ3v) is 8.12. The van der Waals surface area contributed by atoms with Crippen molar-refractivity contribution in [2.75, 3.05) is 26.0 Å². The molecule has 8 heteroatoms. The van der Waals surface area contributed by atoms with Crippen LogP contribution in [-0.4, -0.2) is 62.0 Å². The molecule has 1 atom stereocenters. The van der Waals surface area contributed by atoms with Crippen molar-refractivity contribution < 1.29 is 14.0 Å². The molecule has 1 aromatic heterocycles. The molecule has 1 amide bonds. The SMILES string of the molecule is CC(C(=O)[As]c1cc(C2CC2)[nH]n1)c1cccc(-c2ccc(NC(=O)/C=C/CN(C)C)c(F)c2)c1. The summed E-state index contributed by atoms with van der Waals surface area (Å²) < 4.78 is 15.8. The predicted octanol–water partition coefficient (Wildman–Crippen LogP) is 3.81. The van der Waals surface area contributed by atoms with Crippen molar-refractivity contribution in [2.24, 2.45) is 0 Å². The van der Waals surface area contributed by atoms with Crippen LogP contribution in [0.15, 0.2) is 60.7 Å². The maximum absolute atomic E-state index is 14.7. The number of aromatic nitrogens is 2. The van der Waals surface area contributed by atoms with E-state index in [1.54, 1.807) is 18.2 Å². The van der Waals surface area contributed by atoms with Gasteiger partial charge in [-0.15, -0.1) is 0 Å². The molecule has 1 saturated carbocycles. The quantitative estimate of drug-likeness (QED) is 0.306. The van der Waals surface area contributed by atoms with Crippen molar-refractivity contribution in [3.63, 3.8) is 0 Å². The average molecular weight is 535 g/mol. The standard InChI is InChI=1S/C27H29AsFN4O2/c1-17(27(35)28-25-16-24(31-32-25)18-9-10-18)19-6-4-7-20(14-19)21-11-12-23(22(29)15-21)30-26(34)8-5-13-33(2)3/h4-8,11-12,14-18H,9-10,13H2,1-3H3,(H,30,34)(H,31,32)/b8-5+. The summed E-state index contributed by atoms with van der Waals surface area (Å²) in [5.74, 6) is -0.576. The van der Waals surface area contributed by atoms with Crippen LogP contribution >= 0.6 is 0 Å². The number of likely N-dealkylation sites (N-methyl/N-ethyl adjacent to an activating group) is 1. The number of carbonyl (C=O) groups is 2. The van der Waals surface area contributed by atoms with E-state index < -0.39 is 21.6 Å². The fourth-order valence-electron chi connectivity index (χ4n) is 3.67. The molecule has 35 heavy (non-hydrogen) atoms. The molecule has 0 aliphatic heterocycles. The number of carbonyl (C=O) groups excluding carboxylic acids is 2. The number of anilines is 1. The molecular formula is C27H29AsFN4O2. The van der Waals surface area contributed by atoms with E-state index >= 15 is 0 Å². The molecule has 6 nitrogen and oxygen atoms in total. The molecule has 0 spiro atoms. The Morgan fingerprint density at radius 3 is 2.69 bits per heavy atom. The zero-order valence-corrected chi connectivity index (χ0v) is 22.0. The zero-order valence-electron chi connectivity index (χ0n) is 20.1. The number of rotatable bonds is 10. The molecule has 1 heterocycles. The van der Waals surface area contributed by atoms with Gasteiger partial charge in [-0.25, -0.2) is 0 Å². The normalized spacial score (nSPS) is 14.8. The fraction of sp³-hybridized carbons (Fsp3) is 0.296. The second kappa shape index (κ2) is 11.1. The summed E-state index contributed by atoms with van der Waals surface area (Å²) in [7, 11) is 3.80. The van der Waals surface area contributed by atoms with Crippen LogP contribution in [0.5, 0.6) is 0 Å². The minimum atomic E-state index is -0.693. The summed E-state index contributed by atoms with van der Waals surface area (Å²) in [4.78, 5) is 26.9. The minimum absolute atomic E-state index is 0.126. The molecule has 1 radical (unpaired) electrons. The van der Waals surface area contributed by atoms with Crippen LogP contribution in [0.25, 0.3) is 11.1 Å². The number of aromatic amines is 1. The van der Waals surface area contributed by atoms with Gasteiger partial charge >= 0.3 is 180 Å². The maximum atomic E-state index is 14.7. The van der Waals surface area contributed by atoms with Gasteiger partial charge in [0, 0.05) is 6.54 Å². The second-order valence-corrected chi connectivity index (χ2v) is 11.5. The summed E-state index contributed by atoms with van der Waals surface area (Å²) in [6.45, 7) is 2.53. The molecular weight excluding hydrogens is 506 g/mol. The number of halogens is 1. The third kappa shape index (κ3) is 6.77. The molecule has 1 unspecified atom stereocenters. The van der Waals surface area contributed by atoms with Crippen LogP contribution < -0.4 is 9.80 Å². The number of nitrogens with one attached hydrogen (secondary N) is 2. The molecule has 4 rings (SSSR count). The number of benzene rings is 2. The van der Waals surface area contributed by atoms with Crippen LogP contribution in [0, 0.1) is 5.82 Å². The molecule has 0 saturated heterocycles. The Bertz CT molecular complexity index is 1250. The molecule has 1 aliphatic carbocycles. The summed E-state index contributed by atoms with van der Waals surface area (Å²) >= 11 is -0.693. The monoisotopic (exact) mass is 535 g/mol. The van der Waals surface area contributed by atoms with Gasteiger partial charge in [-0.3, -0.25) is 0 Å². The summed E-state index contributed by atoms with van der Waals surface area (Å²) in [6.07, 6.45) is 5.50. The van der Waals surface area contributed by atoms with Gasteiger partial charge in [0.1, 0.15) is 0 Å². The van der Waals surface area contributed by atoms with Crippen molar-refractivity contribution in [3.05, 3.63) is 77.8 Å². The van der Waals surface area contributed by atoms with Gasteiger partial charge in [-0.1, -0.05) is 6.08 Å². The number of amides is 1. The summed E-state index contributed by atoms with van der Waals surface area (Å²) in [5.41, 5.74) is 3.66. The van der Waals surface area contributed by atoms with Crippen LogP contribution in [-0.2, 0) is 9.59 Å². The van der Waals surface area contributed by atoms with Crippen molar-refractivity contribution in [2.45, 2.75) is 31.6 Å². The molecule has 1 fully saturated rings. The Labute approximate surface area is 211 Å². The Morgan fingerprint density at radius 1 is 1.20 bits per heavy atom. The number of H-pyrrole nitrogens is 1. The molecule has 181 valence electrons. The van der Waals surface area contributed by atoms with Gasteiger partial charge in [-0.2, -0.15) is 0 Å². The van der Waals surface area contributed by atoms with E-state index in [4.69, 9.17) is 0 Å². The number of nitrogens with zero attached hydrogens (tertiary/aromatic N) is 2. The van der Waals surface area contributed by atoms with Gasteiger partial charge in [-0.05, 0) is 14.1 Å². The van der Waals surface area contributed by atoms with Crippen molar-refractivity contribution in [3.8, 4) is 11.1 Å². The van der Waals surface area contributed by atoms with Crippen LogP contribution in [0.3, 0.4) is 0 Å². The second-order valence-electron chi connectivity index (χ2n) is 9.10. The van der Waals surface area contributed by atoms with E-state index in [1.165, 1.54) is 25.0 Å². The first-order chi connectivity index (χ1) is 16.8. The number of hydrogen-bond acceptors (Lipinski definition) is 4. The molecule has 0 bridgehead atoms. The molecule has 3 aromatic rings. The Kier molecular flexibility index (Phi) is 7.99.